The summed E-state index contributed by atoms with van der Waals surface area (Å²) in [6.07, 6.45) is -4.38. The molecule has 0 fully saturated rings. The normalized spacial score (nSPS) is 10.9. The van der Waals surface area contributed by atoms with Gasteiger partial charge in [-0.2, -0.15) is 13.2 Å². The number of rotatable bonds is 5. The van der Waals surface area contributed by atoms with E-state index in [2.05, 4.69) is 15.0 Å². The highest BCUT2D eigenvalue weighted by Crippen LogP contribution is 2.14. The number of hydrogen-bond donors (Lipinski definition) is 2. The Kier molecular flexibility index (Phi) is 5.55. The number of alkyl halides is 3. The van der Waals surface area contributed by atoms with E-state index in [0.717, 1.165) is 0 Å². The fourth-order valence-electron chi connectivity index (χ4n) is 0.943. The third-order valence-electron chi connectivity index (χ3n) is 1.67. The van der Waals surface area contributed by atoms with Crippen molar-refractivity contribution in [3.63, 3.8) is 0 Å². The van der Waals surface area contributed by atoms with Gasteiger partial charge in [-0.05, 0) is 0 Å². The van der Waals surface area contributed by atoms with E-state index in [0.29, 0.717) is 5.13 Å². The van der Waals surface area contributed by atoms with Gasteiger partial charge in [-0.15, -0.1) is 11.3 Å². The maximum Gasteiger partial charge on any atom is 0.422 e. The van der Waals surface area contributed by atoms with Gasteiger partial charge in [0.25, 0.3) is 0 Å². The first kappa shape index (κ1) is 15.2. The van der Waals surface area contributed by atoms with Crippen molar-refractivity contribution in [3.8, 4) is 0 Å². The lowest BCUT2D eigenvalue weighted by molar-refractivity contribution is -0.160. The van der Waals surface area contributed by atoms with Gasteiger partial charge in [-0.3, -0.25) is 4.79 Å². The Morgan fingerprint density at radius 1 is 1.42 bits per heavy atom. The Bertz CT molecular complexity index is 422. The number of nitrogens with one attached hydrogen (secondary N) is 2. The third-order valence-corrected chi connectivity index (χ3v) is 2.36. The van der Waals surface area contributed by atoms with Gasteiger partial charge in [0.15, 0.2) is 11.7 Å². The van der Waals surface area contributed by atoms with E-state index in [9.17, 15) is 22.8 Å². The van der Waals surface area contributed by atoms with Crippen LogP contribution in [-0.2, 0) is 9.53 Å². The van der Waals surface area contributed by atoms with Gasteiger partial charge in [0.2, 0.25) is 5.91 Å². The largest absolute Gasteiger partial charge is 0.440 e. The van der Waals surface area contributed by atoms with Crippen LogP contribution in [0.1, 0.15) is 6.42 Å². The number of aromatic nitrogens is 1. The zero-order valence-corrected chi connectivity index (χ0v) is 10.3. The van der Waals surface area contributed by atoms with Crippen molar-refractivity contribution >= 4 is 28.5 Å². The molecular weight excluding hydrogens is 287 g/mol. The Morgan fingerprint density at radius 2 is 2.16 bits per heavy atom. The maximum atomic E-state index is 11.7. The standard InChI is InChI=1S/C9H10F3N3O3S/c10-9(11,12)5-18-8(17)14-2-1-6(16)15-7-13-3-4-19-7/h3-4H,1-2,5H2,(H,14,17)(H,13,15,16). The molecule has 0 unspecified atom stereocenters. The first-order valence-corrected chi connectivity index (χ1v) is 5.91. The van der Waals surface area contributed by atoms with Crippen LogP contribution in [0.15, 0.2) is 11.6 Å². The first-order chi connectivity index (χ1) is 8.87. The van der Waals surface area contributed by atoms with Gasteiger partial charge in [0.1, 0.15) is 0 Å². The molecule has 6 nitrogen and oxygen atoms in total. The van der Waals surface area contributed by atoms with Crippen molar-refractivity contribution in [1.82, 2.24) is 10.3 Å². The number of ether oxygens (including phenoxy) is 1. The number of nitrogens with zero attached hydrogens (tertiary/aromatic N) is 1. The number of anilines is 1. The molecule has 0 saturated carbocycles. The van der Waals surface area contributed by atoms with Crippen molar-refractivity contribution in [3.05, 3.63) is 11.6 Å². The second-order valence-electron chi connectivity index (χ2n) is 3.25. The number of amides is 2. The third kappa shape index (κ3) is 7.24. The molecule has 0 aromatic carbocycles. The molecule has 0 aliphatic carbocycles. The average molecular weight is 297 g/mol. The molecule has 1 aromatic rings. The number of hydrogen-bond acceptors (Lipinski definition) is 5. The van der Waals surface area contributed by atoms with Gasteiger partial charge >= 0.3 is 12.3 Å². The van der Waals surface area contributed by atoms with Gasteiger partial charge in [-0.25, -0.2) is 9.78 Å². The summed E-state index contributed by atoms with van der Waals surface area (Å²) in [7, 11) is 0. The van der Waals surface area contributed by atoms with Crippen molar-refractivity contribution in [2.75, 3.05) is 18.5 Å². The van der Waals surface area contributed by atoms with E-state index >= 15 is 0 Å². The first-order valence-electron chi connectivity index (χ1n) is 5.03. The van der Waals surface area contributed by atoms with Gasteiger partial charge < -0.3 is 15.4 Å². The predicted octanol–water partition coefficient (Wildman–Crippen LogP) is 1.76. The van der Waals surface area contributed by atoms with E-state index in [4.69, 9.17) is 0 Å². The van der Waals surface area contributed by atoms with Crippen LogP contribution >= 0.6 is 11.3 Å². The highest BCUT2D eigenvalue weighted by molar-refractivity contribution is 7.13. The van der Waals surface area contributed by atoms with Crippen LogP contribution in [-0.4, -0.2) is 36.3 Å². The number of alkyl carbamates (subject to hydrolysis) is 1. The van der Waals surface area contributed by atoms with Crippen molar-refractivity contribution < 1.29 is 27.5 Å². The molecule has 19 heavy (non-hydrogen) atoms. The fourth-order valence-corrected chi connectivity index (χ4v) is 1.49. The zero-order chi connectivity index (χ0) is 14.3. The minimum Gasteiger partial charge on any atom is -0.440 e. The molecule has 2 amide bonds. The lowest BCUT2D eigenvalue weighted by Crippen LogP contribution is -2.31. The van der Waals surface area contributed by atoms with Gasteiger partial charge in [0, 0.05) is 24.5 Å². The van der Waals surface area contributed by atoms with Crippen LogP contribution in [0.4, 0.5) is 23.1 Å². The summed E-state index contributed by atoms with van der Waals surface area (Å²) in [6.45, 7) is -1.79. The van der Waals surface area contributed by atoms with Crippen LogP contribution in [0, 0.1) is 0 Å². The molecule has 0 radical (unpaired) electrons. The molecular formula is C9H10F3N3O3S. The summed E-state index contributed by atoms with van der Waals surface area (Å²) in [5, 5.41) is 6.55. The monoisotopic (exact) mass is 297 g/mol. The van der Waals surface area contributed by atoms with Crippen LogP contribution in [0.3, 0.4) is 0 Å². The molecule has 0 bridgehead atoms. The Labute approximate surface area is 110 Å². The highest BCUT2D eigenvalue weighted by atomic mass is 32.1. The SMILES string of the molecule is O=C(CCNC(=O)OCC(F)(F)F)Nc1nccs1. The van der Waals surface area contributed by atoms with E-state index < -0.39 is 24.8 Å². The molecule has 1 rings (SSSR count). The van der Waals surface area contributed by atoms with Crippen LogP contribution in [0.25, 0.3) is 0 Å². The lowest BCUT2D eigenvalue weighted by Gasteiger charge is -2.08. The quantitative estimate of drug-likeness (QED) is 0.868. The number of halogens is 3. The summed E-state index contributed by atoms with van der Waals surface area (Å²) in [5.74, 6) is -0.411. The van der Waals surface area contributed by atoms with E-state index in [1.54, 1.807) is 5.38 Å². The summed E-state index contributed by atoms with van der Waals surface area (Å²) < 4.78 is 39.0. The second-order valence-corrected chi connectivity index (χ2v) is 4.15. The lowest BCUT2D eigenvalue weighted by atomic mass is 10.4. The molecule has 0 spiro atoms. The number of carbonyl (C=O) groups is 2. The molecule has 1 heterocycles. The van der Waals surface area contributed by atoms with E-state index in [-0.39, 0.29) is 13.0 Å². The van der Waals surface area contributed by atoms with Crippen molar-refractivity contribution in [2.45, 2.75) is 12.6 Å². The molecule has 106 valence electrons. The molecule has 0 saturated heterocycles. The Balaban J connectivity index is 2.12. The minimum atomic E-state index is -4.57. The number of carbonyl (C=O) groups excluding carboxylic acids is 2. The predicted molar refractivity (Wildman–Crippen MR) is 60.8 cm³/mol. The summed E-state index contributed by atoms with van der Waals surface area (Å²) >= 11 is 1.22. The van der Waals surface area contributed by atoms with Gasteiger partial charge in [-0.1, -0.05) is 0 Å². The molecule has 0 aliphatic heterocycles. The summed E-state index contributed by atoms with van der Waals surface area (Å²) in [6, 6.07) is 0. The highest BCUT2D eigenvalue weighted by Gasteiger charge is 2.29. The average Bonchev–Trinajstić information content (AvgIpc) is 2.78. The van der Waals surface area contributed by atoms with Crippen LogP contribution < -0.4 is 10.6 Å². The maximum absolute atomic E-state index is 11.7. The van der Waals surface area contributed by atoms with Crippen molar-refractivity contribution in [1.29, 1.82) is 0 Å². The minimum absolute atomic E-state index is 0.0965. The van der Waals surface area contributed by atoms with E-state index in [1.807, 2.05) is 5.32 Å². The van der Waals surface area contributed by atoms with Gasteiger partial charge in [0.05, 0.1) is 0 Å². The molecule has 10 heteroatoms. The van der Waals surface area contributed by atoms with Crippen molar-refractivity contribution in [2.24, 2.45) is 0 Å². The second kappa shape index (κ2) is 6.92. The molecule has 2 N–H and O–H groups in total. The van der Waals surface area contributed by atoms with E-state index in [1.165, 1.54) is 17.5 Å². The van der Waals surface area contributed by atoms with Crippen LogP contribution in [0.2, 0.25) is 0 Å². The molecule has 1 aromatic heterocycles. The smallest absolute Gasteiger partial charge is 0.422 e. The summed E-state index contributed by atoms with van der Waals surface area (Å²) in [5.41, 5.74) is 0. The van der Waals surface area contributed by atoms with Crippen LogP contribution in [0.5, 0.6) is 0 Å². The number of thiazole rings is 1. The molecule has 0 aliphatic rings. The zero-order valence-electron chi connectivity index (χ0n) is 9.49. The Hall–Kier alpha value is -1.84. The summed E-state index contributed by atoms with van der Waals surface area (Å²) in [4.78, 5) is 25.9. The topological polar surface area (TPSA) is 80.3 Å². The molecule has 0 atom stereocenters. The Morgan fingerprint density at radius 3 is 2.74 bits per heavy atom. The fraction of sp³-hybridized carbons (Fsp3) is 0.444.